The second kappa shape index (κ2) is 3.95. The zero-order valence-electron chi connectivity index (χ0n) is 6.11. The standard InChI is InChI=1S/C7H5BrF2IN/c1-3-4(7(9)10)2-5(11)12-6(3)8/h2,7H,1H3. The minimum Gasteiger partial charge on any atom is -0.235 e. The largest absolute Gasteiger partial charge is 0.264 e. The first kappa shape index (κ1) is 10.3. The Morgan fingerprint density at radius 3 is 2.67 bits per heavy atom. The van der Waals surface area contributed by atoms with Crippen LogP contribution in [0.5, 0.6) is 0 Å². The maximum absolute atomic E-state index is 12.3. The van der Waals surface area contributed by atoms with Crippen LogP contribution < -0.4 is 0 Å². The summed E-state index contributed by atoms with van der Waals surface area (Å²) < 4.78 is 25.7. The van der Waals surface area contributed by atoms with Crippen LogP contribution in [0.1, 0.15) is 17.6 Å². The van der Waals surface area contributed by atoms with E-state index in [1.165, 1.54) is 6.07 Å². The van der Waals surface area contributed by atoms with Crippen molar-refractivity contribution in [1.29, 1.82) is 0 Å². The number of aromatic nitrogens is 1. The van der Waals surface area contributed by atoms with Crippen LogP contribution in [0.2, 0.25) is 0 Å². The van der Waals surface area contributed by atoms with Gasteiger partial charge in [-0.25, -0.2) is 13.8 Å². The van der Waals surface area contributed by atoms with Gasteiger partial charge in [-0.15, -0.1) is 0 Å². The average Bonchev–Trinajstić information content (AvgIpc) is 1.96. The predicted octanol–water partition coefficient (Wildman–Crippen LogP) is 3.69. The Morgan fingerprint density at radius 2 is 2.17 bits per heavy atom. The van der Waals surface area contributed by atoms with Gasteiger partial charge >= 0.3 is 0 Å². The molecule has 0 saturated heterocycles. The van der Waals surface area contributed by atoms with Gasteiger partial charge in [0.2, 0.25) is 0 Å². The van der Waals surface area contributed by atoms with E-state index in [0.29, 0.717) is 13.9 Å². The van der Waals surface area contributed by atoms with Gasteiger partial charge in [0.15, 0.2) is 0 Å². The molecule has 0 saturated carbocycles. The van der Waals surface area contributed by atoms with E-state index in [4.69, 9.17) is 0 Å². The molecule has 0 spiro atoms. The van der Waals surface area contributed by atoms with Crippen LogP contribution in [0.4, 0.5) is 8.78 Å². The summed E-state index contributed by atoms with van der Waals surface area (Å²) in [5.74, 6) is 0. The van der Waals surface area contributed by atoms with Crippen LogP contribution in [-0.2, 0) is 0 Å². The molecular formula is C7H5BrF2IN. The van der Waals surface area contributed by atoms with Crippen molar-refractivity contribution in [2.24, 2.45) is 0 Å². The lowest BCUT2D eigenvalue weighted by Gasteiger charge is -2.06. The van der Waals surface area contributed by atoms with Crippen molar-refractivity contribution in [3.05, 3.63) is 25.5 Å². The molecule has 66 valence electrons. The second-order valence-electron chi connectivity index (χ2n) is 2.25. The van der Waals surface area contributed by atoms with Gasteiger partial charge in [-0.2, -0.15) is 0 Å². The number of halogens is 4. The summed E-state index contributed by atoms with van der Waals surface area (Å²) in [6.45, 7) is 1.62. The third-order valence-electron chi connectivity index (χ3n) is 1.46. The Labute approximate surface area is 90.8 Å². The SMILES string of the molecule is Cc1c(C(F)F)cc(I)nc1Br. The Balaban J connectivity index is 3.28. The van der Waals surface area contributed by atoms with Crippen LogP contribution in [-0.4, -0.2) is 4.98 Å². The number of nitrogens with zero attached hydrogens (tertiary/aromatic N) is 1. The predicted molar refractivity (Wildman–Crippen MR) is 54.3 cm³/mol. The van der Waals surface area contributed by atoms with Crippen molar-refractivity contribution in [3.63, 3.8) is 0 Å². The molecule has 0 bridgehead atoms. The molecule has 0 fully saturated rings. The highest BCUT2D eigenvalue weighted by atomic mass is 127. The van der Waals surface area contributed by atoms with Gasteiger partial charge in [0.25, 0.3) is 6.43 Å². The Morgan fingerprint density at radius 1 is 1.58 bits per heavy atom. The van der Waals surface area contributed by atoms with Crippen LogP contribution in [0.15, 0.2) is 10.7 Å². The van der Waals surface area contributed by atoms with Crippen molar-refractivity contribution >= 4 is 38.5 Å². The fraction of sp³-hybridized carbons (Fsp3) is 0.286. The molecule has 1 aromatic heterocycles. The molecule has 12 heavy (non-hydrogen) atoms. The Kier molecular flexibility index (Phi) is 3.39. The summed E-state index contributed by atoms with van der Waals surface area (Å²) in [5.41, 5.74) is 0.548. The summed E-state index contributed by atoms with van der Waals surface area (Å²) in [5, 5.41) is 0. The molecule has 0 aliphatic rings. The summed E-state index contributed by atoms with van der Waals surface area (Å²) >= 11 is 5.02. The molecule has 1 heterocycles. The minimum absolute atomic E-state index is 0.0428. The number of hydrogen-bond acceptors (Lipinski definition) is 1. The molecule has 5 heteroatoms. The van der Waals surface area contributed by atoms with E-state index >= 15 is 0 Å². The van der Waals surface area contributed by atoms with E-state index < -0.39 is 6.43 Å². The topological polar surface area (TPSA) is 12.9 Å². The monoisotopic (exact) mass is 347 g/mol. The molecule has 0 aromatic carbocycles. The summed E-state index contributed by atoms with van der Waals surface area (Å²) in [6, 6.07) is 1.39. The maximum Gasteiger partial charge on any atom is 0.264 e. The van der Waals surface area contributed by atoms with E-state index in [0.717, 1.165) is 0 Å². The number of rotatable bonds is 1. The molecule has 1 aromatic rings. The zero-order valence-corrected chi connectivity index (χ0v) is 9.86. The normalized spacial score (nSPS) is 10.8. The molecule has 0 unspecified atom stereocenters. The number of pyridine rings is 1. The van der Waals surface area contributed by atoms with E-state index in [2.05, 4.69) is 20.9 Å². The van der Waals surface area contributed by atoms with Crippen molar-refractivity contribution in [3.8, 4) is 0 Å². The first-order valence-electron chi connectivity index (χ1n) is 3.13. The van der Waals surface area contributed by atoms with E-state index in [9.17, 15) is 8.78 Å². The maximum atomic E-state index is 12.3. The summed E-state index contributed by atoms with van der Waals surface area (Å²) in [6.07, 6.45) is -2.43. The summed E-state index contributed by atoms with van der Waals surface area (Å²) in [7, 11) is 0. The highest BCUT2D eigenvalue weighted by molar-refractivity contribution is 14.1. The highest BCUT2D eigenvalue weighted by Gasteiger charge is 2.13. The molecule has 0 aliphatic carbocycles. The molecule has 1 rings (SSSR count). The fourth-order valence-electron chi connectivity index (χ4n) is 0.792. The van der Waals surface area contributed by atoms with Gasteiger partial charge in [-0.05, 0) is 57.1 Å². The minimum atomic E-state index is -2.43. The lowest BCUT2D eigenvalue weighted by atomic mass is 10.2. The Bertz CT molecular complexity index is 304. The molecule has 0 N–H and O–H groups in total. The zero-order chi connectivity index (χ0) is 9.30. The van der Waals surface area contributed by atoms with Crippen LogP contribution >= 0.6 is 38.5 Å². The lowest BCUT2D eigenvalue weighted by Crippen LogP contribution is -1.95. The highest BCUT2D eigenvalue weighted by Crippen LogP contribution is 2.27. The Hall–Kier alpha value is 0.220. The van der Waals surface area contributed by atoms with Crippen LogP contribution in [0.3, 0.4) is 0 Å². The molecule has 1 nitrogen and oxygen atoms in total. The van der Waals surface area contributed by atoms with E-state index in [1.807, 2.05) is 22.6 Å². The van der Waals surface area contributed by atoms with Crippen LogP contribution in [0, 0.1) is 10.6 Å². The van der Waals surface area contributed by atoms with Crippen molar-refractivity contribution in [2.75, 3.05) is 0 Å². The number of alkyl halides is 2. The molecule has 0 radical (unpaired) electrons. The first-order chi connectivity index (χ1) is 5.52. The van der Waals surface area contributed by atoms with Crippen molar-refractivity contribution in [1.82, 2.24) is 4.98 Å². The number of hydrogen-bond donors (Lipinski definition) is 0. The van der Waals surface area contributed by atoms with E-state index in [1.54, 1.807) is 6.92 Å². The van der Waals surface area contributed by atoms with Gasteiger partial charge in [0, 0.05) is 5.56 Å². The molecule has 0 amide bonds. The van der Waals surface area contributed by atoms with Crippen molar-refractivity contribution < 1.29 is 8.78 Å². The third kappa shape index (κ3) is 2.12. The first-order valence-corrected chi connectivity index (χ1v) is 5.00. The van der Waals surface area contributed by atoms with Gasteiger partial charge in [0.1, 0.15) is 8.30 Å². The average molecular weight is 348 g/mol. The molecule has 0 atom stereocenters. The lowest BCUT2D eigenvalue weighted by molar-refractivity contribution is 0.150. The van der Waals surface area contributed by atoms with Gasteiger partial charge < -0.3 is 0 Å². The summed E-state index contributed by atoms with van der Waals surface area (Å²) in [4.78, 5) is 3.99. The van der Waals surface area contributed by atoms with Gasteiger partial charge in [-0.3, -0.25) is 0 Å². The van der Waals surface area contributed by atoms with Gasteiger partial charge in [0.05, 0.1) is 0 Å². The van der Waals surface area contributed by atoms with Gasteiger partial charge in [-0.1, -0.05) is 0 Å². The van der Waals surface area contributed by atoms with Crippen molar-refractivity contribution in [2.45, 2.75) is 13.3 Å². The molecule has 0 aliphatic heterocycles. The fourth-order valence-corrected chi connectivity index (χ4v) is 2.12. The second-order valence-corrected chi connectivity index (χ2v) is 4.11. The van der Waals surface area contributed by atoms with Crippen LogP contribution in [0.25, 0.3) is 0 Å². The third-order valence-corrected chi connectivity index (χ3v) is 2.78. The smallest absolute Gasteiger partial charge is 0.235 e. The quantitative estimate of drug-likeness (QED) is 0.557. The van der Waals surface area contributed by atoms with E-state index in [-0.39, 0.29) is 5.56 Å². The molecular weight excluding hydrogens is 343 g/mol.